The number of hydrazone groups is 1. The molecule has 0 spiro atoms. The number of carbonyl (C=O) groups excluding carboxylic acids is 1. The van der Waals surface area contributed by atoms with Crippen molar-refractivity contribution in [1.29, 1.82) is 0 Å². The normalized spacial score (nSPS) is 11.5. The molecule has 0 saturated heterocycles. The predicted octanol–water partition coefficient (Wildman–Crippen LogP) is 4.96. The van der Waals surface area contributed by atoms with Crippen LogP contribution in [0.15, 0.2) is 119 Å². The highest BCUT2D eigenvalue weighted by Crippen LogP contribution is 2.21. The van der Waals surface area contributed by atoms with Gasteiger partial charge < -0.3 is 4.74 Å². The number of benzene rings is 4. The molecule has 4 aromatic rings. The first-order chi connectivity index (χ1) is 17.9. The molecule has 1 N–H and O–H groups in total. The monoisotopic (exact) mass is 517 g/mol. The van der Waals surface area contributed by atoms with Crippen LogP contribution in [0.25, 0.3) is 0 Å². The maximum atomic E-state index is 13.4. The largest absolute Gasteiger partial charge is 0.457 e. The maximum Gasteiger partial charge on any atom is 0.255 e. The molecule has 0 aliphatic heterocycles. The number of hydrogen-bond acceptors (Lipinski definition) is 5. The van der Waals surface area contributed by atoms with Crippen LogP contribution in [-0.2, 0) is 21.4 Å². The quantitative estimate of drug-likeness (QED) is 0.238. The van der Waals surface area contributed by atoms with Gasteiger partial charge in [-0.05, 0) is 59.7 Å². The Morgan fingerprint density at radius 2 is 1.51 bits per heavy atom. The molecule has 0 bridgehead atoms. The third-order valence-corrected chi connectivity index (χ3v) is 7.02. The van der Waals surface area contributed by atoms with E-state index in [0.29, 0.717) is 22.6 Å². The number of carbonyl (C=O) groups is 1. The van der Waals surface area contributed by atoms with Crippen molar-refractivity contribution in [3.8, 4) is 11.5 Å². The summed E-state index contributed by atoms with van der Waals surface area (Å²) in [6.45, 7) is -0.528. The average molecular weight is 518 g/mol. The van der Waals surface area contributed by atoms with Crippen LogP contribution in [0.5, 0.6) is 11.5 Å². The fourth-order valence-electron chi connectivity index (χ4n) is 3.43. The summed E-state index contributed by atoms with van der Waals surface area (Å²) in [6, 6.07) is 29.8. The van der Waals surface area contributed by atoms with Crippen molar-refractivity contribution in [3.05, 3.63) is 126 Å². The molecule has 37 heavy (non-hydrogen) atoms. The van der Waals surface area contributed by atoms with Crippen molar-refractivity contribution in [2.24, 2.45) is 5.10 Å². The number of nitrogens with one attached hydrogen (secondary N) is 1. The average Bonchev–Trinajstić information content (AvgIpc) is 2.90. The Balaban J connectivity index is 1.44. The van der Waals surface area contributed by atoms with E-state index in [1.165, 1.54) is 18.3 Å². The Labute approximate surface area is 214 Å². The molecule has 0 heterocycles. The summed E-state index contributed by atoms with van der Waals surface area (Å²) < 4.78 is 46.6. The van der Waals surface area contributed by atoms with Crippen LogP contribution >= 0.6 is 0 Å². The van der Waals surface area contributed by atoms with Gasteiger partial charge in [0.25, 0.3) is 5.91 Å². The van der Waals surface area contributed by atoms with Gasteiger partial charge in [-0.3, -0.25) is 4.79 Å². The fraction of sp³-hybridized carbons (Fsp3) is 0.0714. The van der Waals surface area contributed by atoms with Crippen LogP contribution in [0.3, 0.4) is 0 Å². The van der Waals surface area contributed by atoms with E-state index in [9.17, 15) is 17.6 Å². The highest BCUT2D eigenvalue weighted by Gasteiger charge is 2.27. The molecule has 188 valence electrons. The van der Waals surface area contributed by atoms with Crippen LogP contribution in [0.2, 0.25) is 0 Å². The highest BCUT2D eigenvalue weighted by molar-refractivity contribution is 7.89. The Kier molecular flexibility index (Phi) is 8.40. The first kappa shape index (κ1) is 25.7. The van der Waals surface area contributed by atoms with Gasteiger partial charge in [-0.25, -0.2) is 18.2 Å². The summed E-state index contributed by atoms with van der Waals surface area (Å²) in [7, 11) is -4.09. The van der Waals surface area contributed by atoms with E-state index in [2.05, 4.69) is 10.5 Å². The Morgan fingerprint density at radius 1 is 0.865 bits per heavy atom. The summed E-state index contributed by atoms with van der Waals surface area (Å²) in [4.78, 5) is 12.5. The summed E-state index contributed by atoms with van der Waals surface area (Å²) in [6.07, 6.45) is 1.44. The second-order valence-corrected chi connectivity index (χ2v) is 9.93. The topological polar surface area (TPSA) is 88.1 Å². The van der Waals surface area contributed by atoms with Crippen molar-refractivity contribution in [1.82, 2.24) is 9.73 Å². The zero-order valence-corrected chi connectivity index (χ0v) is 20.5. The number of rotatable bonds is 10. The van der Waals surface area contributed by atoms with E-state index in [0.717, 1.165) is 16.4 Å². The molecule has 0 radical (unpaired) electrons. The number of hydrogen-bond donors (Lipinski definition) is 1. The van der Waals surface area contributed by atoms with Crippen LogP contribution < -0.4 is 10.2 Å². The van der Waals surface area contributed by atoms with Gasteiger partial charge in [0.1, 0.15) is 17.3 Å². The van der Waals surface area contributed by atoms with Crippen molar-refractivity contribution in [2.75, 3.05) is 6.54 Å². The lowest BCUT2D eigenvalue weighted by Gasteiger charge is -2.21. The molecule has 4 rings (SSSR count). The lowest BCUT2D eigenvalue weighted by Crippen LogP contribution is -2.39. The number of halogens is 1. The molecule has 1 amide bonds. The molecular formula is C28H24FN3O4S. The molecule has 0 fully saturated rings. The third kappa shape index (κ3) is 7.33. The summed E-state index contributed by atoms with van der Waals surface area (Å²) in [5.41, 5.74) is 3.74. The van der Waals surface area contributed by atoms with Crippen molar-refractivity contribution < 1.29 is 22.3 Å². The molecule has 0 aliphatic carbocycles. The highest BCUT2D eigenvalue weighted by atomic mass is 32.2. The molecule has 0 aromatic heterocycles. The standard InChI is InChI=1S/C28H24FN3O4S/c29-24-14-16-27(17-15-24)37(34,35)32(20-22-8-3-1-4-9-22)21-28(33)31-30-19-23-10-7-13-26(18-23)36-25-11-5-2-6-12-25/h1-19H,20-21H2,(H,31,33)/b30-19-. The molecule has 0 atom stereocenters. The second kappa shape index (κ2) is 12.1. The molecule has 4 aromatic carbocycles. The Hall–Kier alpha value is -4.34. The number of nitrogens with zero attached hydrogens (tertiary/aromatic N) is 2. The van der Waals surface area contributed by atoms with Gasteiger partial charge in [-0.2, -0.15) is 9.41 Å². The minimum atomic E-state index is -4.09. The molecular weight excluding hydrogens is 493 g/mol. The first-order valence-corrected chi connectivity index (χ1v) is 12.8. The third-order valence-electron chi connectivity index (χ3n) is 5.21. The number of para-hydroxylation sites is 1. The SMILES string of the molecule is O=C(CN(Cc1ccccc1)S(=O)(=O)c1ccc(F)cc1)N/N=C\c1cccc(Oc2ccccc2)c1. The van der Waals surface area contributed by atoms with Crippen molar-refractivity contribution >= 4 is 22.1 Å². The van der Waals surface area contributed by atoms with Gasteiger partial charge in [0.05, 0.1) is 17.7 Å². The number of ether oxygens (including phenoxy) is 1. The number of amides is 1. The van der Waals surface area contributed by atoms with Crippen LogP contribution in [0, 0.1) is 5.82 Å². The minimum Gasteiger partial charge on any atom is -0.457 e. The zero-order chi connectivity index (χ0) is 26.1. The van der Waals surface area contributed by atoms with E-state index in [4.69, 9.17) is 4.74 Å². The van der Waals surface area contributed by atoms with Gasteiger partial charge in [0, 0.05) is 6.54 Å². The summed E-state index contributed by atoms with van der Waals surface area (Å²) >= 11 is 0. The van der Waals surface area contributed by atoms with Crippen molar-refractivity contribution in [3.63, 3.8) is 0 Å². The van der Waals surface area contributed by atoms with Gasteiger partial charge in [0.15, 0.2) is 0 Å². The maximum absolute atomic E-state index is 13.4. The predicted molar refractivity (Wildman–Crippen MR) is 139 cm³/mol. The summed E-state index contributed by atoms with van der Waals surface area (Å²) in [5.74, 6) is 0.0973. The van der Waals surface area contributed by atoms with Gasteiger partial charge in [-0.1, -0.05) is 60.7 Å². The van der Waals surface area contributed by atoms with Crippen LogP contribution in [-0.4, -0.2) is 31.4 Å². The summed E-state index contributed by atoms with van der Waals surface area (Å²) in [5, 5.41) is 3.97. The second-order valence-electron chi connectivity index (χ2n) is 7.99. The Bertz CT molecular complexity index is 1460. The van der Waals surface area contributed by atoms with E-state index in [1.54, 1.807) is 48.5 Å². The fourth-order valence-corrected chi connectivity index (χ4v) is 4.81. The zero-order valence-electron chi connectivity index (χ0n) is 19.7. The molecule has 0 saturated carbocycles. The minimum absolute atomic E-state index is 0.0451. The van der Waals surface area contributed by atoms with Crippen LogP contribution in [0.1, 0.15) is 11.1 Å². The molecule has 9 heteroatoms. The first-order valence-electron chi connectivity index (χ1n) is 11.3. The van der Waals surface area contributed by atoms with E-state index < -0.39 is 28.3 Å². The van der Waals surface area contributed by atoms with Crippen molar-refractivity contribution in [2.45, 2.75) is 11.4 Å². The lowest BCUT2D eigenvalue weighted by atomic mass is 10.2. The van der Waals surface area contributed by atoms with E-state index in [1.807, 2.05) is 36.4 Å². The molecule has 7 nitrogen and oxygen atoms in total. The van der Waals surface area contributed by atoms with Crippen LogP contribution in [0.4, 0.5) is 4.39 Å². The smallest absolute Gasteiger partial charge is 0.255 e. The Morgan fingerprint density at radius 3 is 2.22 bits per heavy atom. The van der Waals surface area contributed by atoms with Gasteiger partial charge >= 0.3 is 0 Å². The van der Waals surface area contributed by atoms with E-state index >= 15 is 0 Å². The lowest BCUT2D eigenvalue weighted by molar-refractivity contribution is -0.121. The number of sulfonamides is 1. The van der Waals surface area contributed by atoms with E-state index in [-0.39, 0.29) is 11.4 Å². The molecule has 0 unspecified atom stereocenters. The molecule has 0 aliphatic rings. The van der Waals surface area contributed by atoms with Gasteiger partial charge in [0.2, 0.25) is 10.0 Å². The van der Waals surface area contributed by atoms with Gasteiger partial charge in [-0.15, -0.1) is 0 Å².